The van der Waals surface area contributed by atoms with Crippen LogP contribution >= 0.6 is 0 Å². The van der Waals surface area contributed by atoms with Crippen molar-refractivity contribution in [2.45, 2.75) is 46.1 Å². The topological polar surface area (TPSA) is 44.8 Å². The van der Waals surface area contributed by atoms with Gasteiger partial charge in [0.1, 0.15) is 18.1 Å². The van der Waals surface area contributed by atoms with Crippen LogP contribution in [-0.2, 0) is 16.1 Å². The molecule has 118 valence electrons. The third-order valence-corrected chi connectivity index (χ3v) is 3.51. The molecule has 0 aliphatic carbocycles. The zero-order valence-corrected chi connectivity index (χ0v) is 13.5. The van der Waals surface area contributed by atoms with Crippen LogP contribution in [-0.4, -0.2) is 20.2 Å². The predicted octanol–water partition coefficient (Wildman–Crippen LogP) is 3.96. The maximum atomic E-state index is 11.9. The van der Waals surface area contributed by atoms with Crippen LogP contribution in [0, 0.1) is 5.92 Å². The van der Waals surface area contributed by atoms with E-state index in [-0.39, 0.29) is 18.5 Å². The lowest BCUT2D eigenvalue weighted by atomic mass is 10.0. The number of ether oxygens (including phenoxy) is 3. The Morgan fingerprint density at radius 2 is 1.95 bits per heavy atom. The van der Waals surface area contributed by atoms with Crippen LogP contribution < -0.4 is 9.47 Å². The third kappa shape index (κ3) is 5.66. The molecular formula is C17H26O4. The van der Waals surface area contributed by atoms with Crippen molar-refractivity contribution < 1.29 is 19.0 Å². The minimum atomic E-state index is -0.149. The predicted molar refractivity (Wildman–Crippen MR) is 82.6 cm³/mol. The highest BCUT2D eigenvalue weighted by molar-refractivity contribution is 5.72. The molecule has 0 aromatic heterocycles. The van der Waals surface area contributed by atoms with Crippen LogP contribution in [0.2, 0.25) is 0 Å². The van der Waals surface area contributed by atoms with Crippen molar-refractivity contribution in [3.63, 3.8) is 0 Å². The van der Waals surface area contributed by atoms with Crippen LogP contribution in [0.25, 0.3) is 0 Å². The van der Waals surface area contributed by atoms with Crippen molar-refractivity contribution >= 4 is 5.97 Å². The van der Waals surface area contributed by atoms with Crippen molar-refractivity contribution in [2.75, 3.05) is 14.2 Å². The van der Waals surface area contributed by atoms with Gasteiger partial charge in [0.15, 0.2) is 0 Å². The van der Waals surface area contributed by atoms with E-state index in [2.05, 4.69) is 6.92 Å². The SMILES string of the molecule is CCCCCC(C)C(=O)OCc1ccc(OC)cc1OC. The van der Waals surface area contributed by atoms with Crippen LogP contribution in [0.1, 0.15) is 45.1 Å². The summed E-state index contributed by atoms with van der Waals surface area (Å²) in [6.07, 6.45) is 4.26. The Labute approximate surface area is 127 Å². The highest BCUT2D eigenvalue weighted by Crippen LogP contribution is 2.25. The molecule has 0 bridgehead atoms. The van der Waals surface area contributed by atoms with Gasteiger partial charge in [-0.3, -0.25) is 4.79 Å². The van der Waals surface area contributed by atoms with Gasteiger partial charge in [0.2, 0.25) is 0 Å². The number of carbonyl (C=O) groups is 1. The number of unbranched alkanes of at least 4 members (excludes halogenated alkanes) is 2. The number of carbonyl (C=O) groups excluding carboxylic acids is 1. The molecule has 1 aromatic carbocycles. The van der Waals surface area contributed by atoms with Crippen molar-refractivity contribution in [2.24, 2.45) is 5.92 Å². The molecule has 4 heteroatoms. The molecule has 21 heavy (non-hydrogen) atoms. The summed E-state index contributed by atoms with van der Waals surface area (Å²) in [5.74, 6) is 1.18. The molecule has 0 spiro atoms. The van der Waals surface area contributed by atoms with E-state index in [9.17, 15) is 4.79 Å². The number of hydrogen-bond donors (Lipinski definition) is 0. The molecule has 0 aliphatic heterocycles. The molecule has 0 aliphatic rings. The van der Waals surface area contributed by atoms with Gasteiger partial charge in [0, 0.05) is 11.6 Å². The smallest absolute Gasteiger partial charge is 0.308 e. The van der Waals surface area contributed by atoms with Gasteiger partial charge in [0.05, 0.1) is 20.1 Å². The fourth-order valence-electron chi connectivity index (χ4n) is 2.08. The van der Waals surface area contributed by atoms with Gasteiger partial charge in [-0.1, -0.05) is 33.1 Å². The normalized spacial score (nSPS) is 11.8. The Morgan fingerprint density at radius 1 is 1.19 bits per heavy atom. The summed E-state index contributed by atoms with van der Waals surface area (Å²) < 4.78 is 15.8. The Kier molecular flexibility index (Phi) is 7.65. The fourth-order valence-corrected chi connectivity index (χ4v) is 2.08. The minimum absolute atomic E-state index is 0.0548. The van der Waals surface area contributed by atoms with E-state index in [0.717, 1.165) is 37.0 Å². The average Bonchev–Trinajstić information content (AvgIpc) is 2.52. The molecule has 0 N–H and O–H groups in total. The second-order valence-corrected chi connectivity index (χ2v) is 5.18. The Hall–Kier alpha value is -1.71. The first-order valence-corrected chi connectivity index (χ1v) is 7.49. The second kappa shape index (κ2) is 9.27. The zero-order valence-electron chi connectivity index (χ0n) is 13.5. The maximum absolute atomic E-state index is 11.9. The summed E-state index contributed by atoms with van der Waals surface area (Å²) in [6.45, 7) is 4.30. The van der Waals surface area contributed by atoms with Crippen molar-refractivity contribution in [3.8, 4) is 11.5 Å². The molecule has 1 aromatic rings. The Balaban J connectivity index is 2.52. The van der Waals surface area contributed by atoms with E-state index in [0.29, 0.717) is 5.75 Å². The largest absolute Gasteiger partial charge is 0.497 e. The molecule has 1 rings (SSSR count). The van der Waals surface area contributed by atoms with Crippen molar-refractivity contribution in [3.05, 3.63) is 23.8 Å². The Bertz CT molecular complexity index is 442. The van der Waals surface area contributed by atoms with Gasteiger partial charge in [-0.2, -0.15) is 0 Å². The molecule has 0 amide bonds. The van der Waals surface area contributed by atoms with Gasteiger partial charge in [-0.25, -0.2) is 0 Å². The number of benzene rings is 1. The number of hydrogen-bond acceptors (Lipinski definition) is 4. The first-order chi connectivity index (χ1) is 10.1. The average molecular weight is 294 g/mol. The summed E-state index contributed by atoms with van der Waals surface area (Å²) in [5, 5.41) is 0. The number of esters is 1. The van der Waals surface area contributed by atoms with Crippen LogP contribution in [0.15, 0.2) is 18.2 Å². The monoisotopic (exact) mass is 294 g/mol. The molecular weight excluding hydrogens is 268 g/mol. The third-order valence-electron chi connectivity index (χ3n) is 3.51. The van der Waals surface area contributed by atoms with E-state index in [1.165, 1.54) is 0 Å². The molecule has 0 saturated heterocycles. The zero-order chi connectivity index (χ0) is 15.7. The van der Waals surface area contributed by atoms with Crippen LogP contribution in [0.4, 0.5) is 0 Å². The molecule has 0 saturated carbocycles. The van der Waals surface area contributed by atoms with E-state index in [4.69, 9.17) is 14.2 Å². The molecule has 0 fully saturated rings. The summed E-state index contributed by atoms with van der Waals surface area (Å²) in [4.78, 5) is 11.9. The van der Waals surface area contributed by atoms with Crippen molar-refractivity contribution in [1.82, 2.24) is 0 Å². The summed E-state index contributed by atoms with van der Waals surface area (Å²) in [7, 11) is 3.19. The Morgan fingerprint density at radius 3 is 2.57 bits per heavy atom. The van der Waals surface area contributed by atoms with Gasteiger partial charge in [-0.05, 0) is 18.6 Å². The fraction of sp³-hybridized carbons (Fsp3) is 0.588. The second-order valence-electron chi connectivity index (χ2n) is 5.18. The molecule has 1 unspecified atom stereocenters. The maximum Gasteiger partial charge on any atom is 0.308 e. The summed E-state index contributed by atoms with van der Waals surface area (Å²) in [6, 6.07) is 5.47. The minimum Gasteiger partial charge on any atom is -0.497 e. The highest BCUT2D eigenvalue weighted by atomic mass is 16.5. The summed E-state index contributed by atoms with van der Waals surface area (Å²) >= 11 is 0. The van der Waals surface area contributed by atoms with Gasteiger partial charge >= 0.3 is 5.97 Å². The molecule has 1 atom stereocenters. The van der Waals surface area contributed by atoms with Crippen molar-refractivity contribution in [1.29, 1.82) is 0 Å². The first-order valence-electron chi connectivity index (χ1n) is 7.49. The quantitative estimate of drug-likeness (QED) is 0.511. The van der Waals surface area contributed by atoms with Gasteiger partial charge in [-0.15, -0.1) is 0 Å². The van der Waals surface area contributed by atoms with Gasteiger partial charge in [0.25, 0.3) is 0 Å². The van der Waals surface area contributed by atoms with Crippen LogP contribution in [0.5, 0.6) is 11.5 Å². The van der Waals surface area contributed by atoms with Crippen LogP contribution in [0.3, 0.4) is 0 Å². The lowest BCUT2D eigenvalue weighted by molar-refractivity contribution is -0.149. The van der Waals surface area contributed by atoms with E-state index in [1.807, 2.05) is 19.1 Å². The highest BCUT2D eigenvalue weighted by Gasteiger charge is 2.15. The van der Waals surface area contributed by atoms with E-state index in [1.54, 1.807) is 20.3 Å². The molecule has 0 heterocycles. The molecule has 0 radical (unpaired) electrons. The number of methoxy groups -OCH3 is 2. The first kappa shape index (κ1) is 17.3. The standard InChI is InChI=1S/C17H26O4/c1-5-6-7-8-13(2)17(18)21-12-14-9-10-15(19-3)11-16(14)20-4/h9-11,13H,5-8,12H2,1-4H3. The summed E-state index contributed by atoms with van der Waals surface area (Å²) in [5.41, 5.74) is 0.840. The molecule has 4 nitrogen and oxygen atoms in total. The van der Waals surface area contributed by atoms with E-state index >= 15 is 0 Å². The van der Waals surface area contributed by atoms with Gasteiger partial charge < -0.3 is 14.2 Å². The van der Waals surface area contributed by atoms with E-state index < -0.39 is 0 Å². The lowest BCUT2D eigenvalue weighted by Gasteiger charge is -2.13. The lowest BCUT2D eigenvalue weighted by Crippen LogP contribution is -2.15. The number of rotatable bonds is 9.